The largest absolute Gasteiger partial charge is 0.361 e. The summed E-state index contributed by atoms with van der Waals surface area (Å²) in [4.78, 5) is 0. The van der Waals surface area contributed by atoms with Crippen molar-refractivity contribution >= 4 is 0 Å². The van der Waals surface area contributed by atoms with Gasteiger partial charge < -0.3 is 4.52 Å². The van der Waals surface area contributed by atoms with Gasteiger partial charge in [0, 0.05) is 11.1 Å². The van der Waals surface area contributed by atoms with E-state index in [1.165, 1.54) is 5.56 Å². The van der Waals surface area contributed by atoms with Crippen molar-refractivity contribution in [3.63, 3.8) is 0 Å². The average Bonchev–Trinajstić information content (AvgIpc) is 2.86. The van der Waals surface area contributed by atoms with Crippen molar-refractivity contribution in [1.29, 1.82) is 0 Å². The maximum atomic E-state index is 5.33. The van der Waals surface area contributed by atoms with Crippen LogP contribution >= 0.6 is 0 Å². The zero-order valence-corrected chi connectivity index (χ0v) is 14.2. The Balaban J connectivity index is 0.000000829. The van der Waals surface area contributed by atoms with Crippen LogP contribution in [0.5, 0.6) is 0 Å². The Hall–Kier alpha value is -1.57. The summed E-state index contributed by atoms with van der Waals surface area (Å²) in [6, 6.07) is 10.2. The van der Waals surface area contributed by atoms with Crippen molar-refractivity contribution in [2.75, 3.05) is 0 Å². The fourth-order valence-electron chi connectivity index (χ4n) is 2.05. The summed E-state index contributed by atoms with van der Waals surface area (Å²) in [7, 11) is 0. The third kappa shape index (κ3) is 4.52. The lowest BCUT2D eigenvalue weighted by Crippen LogP contribution is -2.12. The van der Waals surface area contributed by atoms with Gasteiger partial charge in [-0.15, -0.1) is 0 Å². The fourth-order valence-corrected chi connectivity index (χ4v) is 2.05. The van der Waals surface area contributed by atoms with Gasteiger partial charge in [0.1, 0.15) is 11.5 Å². The number of hydrogen-bond donors (Lipinski definition) is 0. The lowest BCUT2D eigenvalue weighted by molar-refractivity contribution is 0.394. The van der Waals surface area contributed by atoms with Gasteiger partial charge in [-0.05, 0) is 12.3 Å². The smallest absolute Gasteiger partial charge is 0.138 e. The van der Waals surface area contributed by atoms with Crippen LogP contribution < -0.4 is 0 Å². The molecule has 2 heteroatoms. The summed E-state index contributed by atoms with van der Waals surface area (Å²) in [5.74, 6) is 0.909. The molecule has 2 rings (SSSR count). The van der Waals surface area contributed by atoms with E-state index in [1.807, 2.05) is 52.8 Å². The minimum atomic E-state index is 0.0509. The number of rotatable bonds is 1. The number of nitrogens with zero attached hydrogens (tertiary/aromatic N) is 1. The van der Waals surface area contributed by atoms with E-state index in [-0.39, 0.29) is 5.41 Å². The number of hydrogen-bond acceptors (Lipinski definition) is 2. The number of aryl methyl sites for hydroxylation is 1. The highest BCUT2D eigenvalue weighted by atomic mass is 16.5. The zero-order chi connectivity index (χ0) is 15.8. The summed E-state index contributed by atoms with van der Waals surface area (Å²) in [6.07, 6.45) is 0. The molecule has 2 aromatic rings. The van der Waals surface area contributed by atoms with Crippen LogP contribution in [-0.4, -0.2) is 5.16 Å². The first-order chi connectivity index (χ1) is 9.50. The monoisotopic (exact) mass is 275 g/mol. The highest BCUT2D eigenvalue weighted by molar-refractivity contribution is 5.64. The number of aromatic nitrogens is 1. The van der Waals surface area contributed by atoms with Gasteiger partial charge in [-0.25, -0.2) is 0 Å². The van der Waals surface area contributed by atoms with Crippen LogP contribution in [0.2, 0.25) is 0 Å². The molecule has 0 saturated heterocycles. The van der Waals surface area contributed by atoms with E-state index in [2.05, 4.69) is 38.1 Å². The molecule has 1 heterocycles. The Morgan fingerprint density at radius 2 is 1.40 bits per heavy atom. The quantitative estimate of drug-likeness (QED) is 0.638. The van der Waals surface area contributed by atoms with Gasteiger partial charge in [0.2, 0.25) is 0 Å². The van der Waals surface area contributed by atoms with Crippen LogP contribution in [0.4, 0.5) is 0 Å². The zero-order valence-electron chi connectivity index (χ0n) is 14.2. The first-order valence-corrected chi connectivity index (χ1v) is 7.52. The minimum Gasteiger partial charge on any atom is -0.361 e. The molecule has 0 unspecified atom stereocenters. The lowest BCUT2D eigenvalue weighted by Gasteiger charge is -2.18. The molecule has 20 heavy (non-hydrogen) atoms. The van der Waals surface area contributed by atoms with Crippen molar-refractivity contribution in [3.8, 4) is 11.3 Å². The predicted molar refractivity (Wildman–Crippen MR) is 88.1 cm³/mol. The topological polar surface area (TPSA) is 26.0 Å². The maximum absolute atomic E-state index is 5.33. The molecule has 0 atom stereocenters. The molecule has 0 saturated carbocycles. The van der Waals surface area contributed by atoms with Crippen LogP contribution in [0.1, 0.15) is 59.8 Å². The molecule has 0 aliphatic rings. The highest BCUT2D eigenvalue weighted by Gasteiger charge is 2.25. The second kappa shape index (κ2) is 8.57. The molecule has 112 valence electrons. The lowest BCUT2D eigenvalue weighted by atomic mass is 9.84. The SMILES string of the molecule is CC.CC.Cc1onc(-c2ccccc2)c1C(C)(C)C. The Bertz CT molecular complexity index is 478. The summed E-state index contributed by atoms with van der Waals surface area (Å²) in [5.41, 5.74) is 3.32. The van der Waals surface area contributed by atoms with Gasteiger partial charge in [0.05, 0.1) is 0 Å². The van der Waals surface area contributed by atoms with Gasteiger partial charge in [0.15, 0.2) is 0 Å². The highest BCUT2D eigenvalue weighted by Crippen LogP contribution is 2.34. The molecule has 0 spiro atoms. The summed E-state index contributed by atoms with van der Waals surface area (Å²) in [6.45, 7) is 16.5. The Labute approximate surface area is 124 Å². The molecule has 2 nitrogen and oxygen atoms in total. The van der Waals surface area contributed by atoms with E-state index in [9.17, 15) is 0 Å². The van der Waals surface area contributed by atoms with Crippen molar-refractivity contribution in [2.45, 2.75) is 60.8 Å². The Kier molecular flexibility index (Phi) is 7.90. The van der Waals surface area contributed by atoms with Crippen molar-refractivity contribution in [1.82, 2.24) is 5.16 Å². The Morgan fingerprint density at radius 3 is 1.85 bits per heavy atom. The molecular weight excluding hydrogens is 246 g/mol. The van der Waals surface area contributed by atoms with E-state index in [4.69, 9.17) is 4.52 Å². The van der Waals surface area contributed by atoms with Crippen LogP contribution in [-0.2, 0) is 5.41 Å². The van der Waals surface area contributed by atoms with Crippen molar-refractivity contribution in [2.24, 2.45) is 0 Å². The first kappa shape index (κ1) is 18.4. The van der Waals surface area contributed by atoms with Gasteiger partial charge >= 0.3 is 0 Å². The van der Waals surface area contributed by atoms with Crippen molar-refractivity contribution < 1.29 is 4.52 Å². The van der Waals surface area contributed by atoms with Crippen LogP contribution in [0.3, 0.4) is 0 Å². The predicted octanol–water partition coefficient (Wildman–Crippen LogP) is 6.00. The molecule has 0 aliphatic carbocycles. The van der Waals surface area contributed by atoms with Crippen LogP contribution in [0.25, 0.3) is 11.3 Å². The standard InChI is InChI=1S/C14H17NO.2C2H6/c1-10-12(14(2,3)4)13(15-16-10)11-8-6-5-7-9-11;2*1-2/h5-9H,1-4H3;2*1-2H3. The normalized spacial score (nSPS) is 10.0. The molecule has 0 fully saturated rings. The van der Waals surface area contributed by atoms with Crippen molar-refractivity contribution in [3.05, 3.63) is 41.7 Å². The van der Waals surface area contributed by atoms with Gasteiger partial charge in [-0.3, -0.25) is 0 Å². The molecular formula is C18H29NO. The first-order valence-electron chi connectivity index (χ1n) is 7.52. The minimum absolute atomic E-state index is 0.0509. The van der Waals surface area contributed by atoms with E-state index < -0.39 is 0 Å². The third-order valence-electron chi connectivity index (χ3n) is 2.66. The molecule has 1 aromatic heterocycles. The average molecular weight is 275 g/mol. The molecule has 1 aromatic carbocycles. The van der Waals surface area contributed by atoms with E-state index in [1.54, 1.807) is 0 Å². The van der Waals surface area contributed by atoms with E-state index in [0.717, 1.165) is 17.0 Å². The number of benzene rings is 1. The molecule has 0 bridgehead atoms. The molecule has 0 amide bonds. The van der Waals surface area contributed by atoms with Gasteiger partial charge in [0.25, 0.3) is 0 Å². The second-order valence-electron chi connectivity index (χ2n) is 5.08. The summed E-state index contributed by atoms with van der Waals surface area (Å²) >= 11 is 0. The molecule has 0 N–H and O–H groups in total. The Morgan fingerprint density at radius 1 is 0.900 bits per heavy atom. The van der Waals surface area contributed by atoms with E-state index >= 15 is 0 Å². The van der Waals surface area contributed by atoms with Gasteiger partial charge in [-0.2, -0.15) is 0 Å². The van der Waals surface area contributed by atoms with E-state index in [0.29, 0.717) is 0 Å². The molecule has 0 aliphatic heterocycles. The second-order valence-corrected chi connectivity index (χ2v) is 5.08. The summed E-state index contributed by atoms with van der Waals surface area (Å²) in [5, 5.41) is 4.18. The summed E-state index contributed by atoms with van der Waals surface area (Å²) < 4.78 is 5.33. The van der Waals surface area contributed by atoms with Crippen LogP contribution in [0.15, 0.2) is 34.9 Å². The van der Waals surface area contributed by atoms with Crippen LogP contribution in [0, 0.1) is 6.92 Å². The van der Waals surface area contributed by atoms with Gasteiger partial charge in [-0.1, -0.05) is 84.0 Å². The fraction of sp³-hybridized carbons (Fsp3) is 0.500. The maximum Gasteiger partial charge on any atom is 0.138 e. The third-order valence-corrected chi connectivity index (χ3v) is 2.66. The molecule has 0 radical (unpaired) electrons.